The Morgan fingerprint density at radius 1 is 0.872 bits per heavy atom. The summed E-state index contributed by atoms with van der Waals surface area (Å²) in [7, 11) is 1.92. The Labute approximate surface area is 267 Å². The second-order valence-corrected chi connectivity index (χ2v) is 10.5. The van der Waals surface area contributed by atoms with Crippen molar-refractivity contribution < 1.29 is 32.3 Å². The van der Waals surface area contributed by atoms with Gasteiger partial charge in [0, 0.05) is 52.8 Å². The maximum atomic E-state index is 15.7. The van der Waals surface area contributed by atoms with Crippen LogP contribution in [0.4, 0.5) is 34.6 Å². The maximum Gasteiger partial charge on any atom is 0.490 e. The van der Waals surface area contributed by atoms with Crippen LogP contribution in [0, 0.1) is 5.82 Å². The van der Waals surface area contributed by atoms with E-state index in [4.69, 9.17) is 9.90 Å². The molecule has 6 aromatic rings. The number of carboxylic acids is 1. The third-order valence-electron chi connectivity index (χ3n) is 7.31. The molecule has 0 atom stereocenters. The molecular weight excluding hydrogens is 612 g/mol. The number of H-pyrrole nitrogens is 1. The van der Waals surface area contributed by atoms with Gasteiger partial charge in [-0.2, -0.15) is 13.2 Å². The minimum atomic E-state index is -5.08. The van der Waals surface area contributed by atoms with Gasteiger partial charge in [-0.3, -0.25) is 9.78 Å². The topological polar surface area (TPSA) is 98.3 Å². The Morgan fingerprint density at radius 3 is 2.28 bits per heavy atom. The molecule has 2 aromatic heterocycles. The zero-order chi connectivity index (χ0) is 33.6. The maximum absolute atomic E-state index is 15.7. The molecule has 0 unspecified atom stereocenters. The zero-order valence-electron chi connectivity index (χ0n) is 24.9. The molecule has 0 bridgehead atoms. The summed E-state index contributed by atoms with van der Waals surface area (Å²) in [5.74, 6) is -3.25. The molecular formula is C36H28F4N4O3. The Balaban J connectivity index is 0.000000559. The fourth-order valence-corrected chi connectivity index (χ4v) is 5.01. The van der Waals surface area contributed by atoms with Crippen molar-refractivity contribution in [1.82, 2.24) is 9.97 Å². The molecule has 0 aliphatic rings. The molecule has 0 aliphatic heterocycles. The number of halogens is 4. The van der Waals surface area contributed by atoms with Gasteiger partial charge < -0.3 is 20.3 Å². The van der Waals surface area contributed by atoms with Gasteiger partial charge in [0.15, 0.2) is 0 Å². The van der Waals surface area contributed by atoms with Gasteiger partial charge in [-0.1, -0.05) is 60.7 Å². The number of nitrogens with zero attached hydrogens (tertiary/aromatic N) is 2. The number of fused-ring (bicyclic) bond motifs is 1. The monoisotopic (exact) mass is 640 g/mol. The van der Waals surface area contributed by atoms with E-state index in [9.17, 15) is 18.0 Å². The van der Waals surface area contributed by atoms with Crippen molar-refractivity contribution in [3.8, 4) is 22.3 Å². The average Bonchev–Trinajstić information content (AvgIpc) is 3.47. The van der Waals surface area contributed by atoms with Crippen molar-refractivity contribution in [2.75, 3.05) is 17.3 Å². The van der Waals surface area contributed by atoms with E-state index >= 15 is 4.39 Å². The van der Waals surface area contributed by atoms with E-state index in [1.54, 1.807) is 24.5 Å². The van der Waals surface area contributed by atoms with Crippen molar-refractivity contribution in [1.29, 1.82) is 0 Å². The van der Waals surface area contributed by atoms with E-state index in [1.807, 2.05) is 109 Å². The highest BCUT2D eigenvalue weighted by Crippen LogP contribution is 2.38. The second-order valence-electron chi connectivity index (χ2n) is 10.5. The number of benzene rings is 4. The fourth-order valence-electron chi connectivity index (χ4n) is 5.01. The highest BCUT2D eigenvalue weighted by atomic mass is 19.4. The summed E-state index contributed by atoms with van der Waals surface area (Å²) in [6.07, 6.45) is 0.476. The predicted octanol–water partition coefficient (Wildman–Crippen LogP) is 8.62. The summed E-state index contributed by atoms with van der Waals surface area (Å²) in [6.45, 7) is 0. The first-order valence-electron chi connectivity index (χ1n) is 14.3. The van der Waals surface area contributed by atoms with Crippen LogP contribution < -0.4 is 10.2 Å². The third-order valence-corrected chi connectivity index (χ3v) is 7.31. The molecule has 7 nitrogen and oxygen atoms in total. The van der Waals surface area contributed by atoms with Crippen molar-refractivity contribution >= 4 is 39.8 Å². The lowest BCUT2D eigenvalue weighted by molar-refractivity contribution is -0.192. The first-order chi connectivity index (χ1) is 22.5. The summed E-state index contributed by atoms with van der Waals surface area (Å²) in [6, 6.07) is 32.3. The first kappa shape index (κ1) is 32.4. The Hall–Kier alpha value is -5.97. The number of aromatic amines is 1. The van der Waals surface area contributed by atoms with E-state index in [0.29, 0.717) is 16.8 Å². The minimum Gasteiger partial charge on any atom is -0.475 e. The molecule has 6 rings (SSSR count). The van der Waals surface area contributed by atoms with E-state index in [0.717, 1.165) is 39.0 Å². The van der Waals surface area contributed by atoms with Gasteiger partial charge in [0.05, 0.1) is 18.3 Å². The first-order valence-corrected chi connectivity index (χ1v) is 14.3. The molecule has 0 aliphatic carbocycles. The quantitative estimate of drug-likeness (QED) is 0.152. The van der Waals surface area contributed by atoms with Crippen LogP contribution in [0.25, 0.3) is 33.2 Å². The van der Waals surface area contributed by atoms with Crippen LogP contribution in [0.3, 0.4) is 0 Å². The smallest absolute Gasteiger partial charge is 0.475 e. The molecule has 2 heterocycles. The number of carbonyl (C=O) groups excluding carboxylic acids is 1. The molecule has 238 valence electrons. The fraction of sp³-hybridized carbons (Fsp3) is 0.0833. The summed E-state index contributed by atoms with van der Waals surface area (Å²) < 4.78 is 47.5. The van der Waals surface area contributed by atoms with Crippen LogP contribution in [0.2, 0.25) is 0 Å². The molecule has 11 heteroatoms. The van der Waals surface area contributed by atoms with Gasteiger partial charge in [0.2, 0.25) is 5.91 Å². The second kappa shape index (κ2) is 14.0. The normalized spacial score (nSPS) is 11.0. The third kappa shape index (κ3) is 7.82. The van der Waals surface area contributed by atoms with Gasteiger partial charge in [-0.25, -0.2) is 9.18 Å². The van der Waals surface area contributed by atoms with Crippen LogP contribution >= 0.6 is 0 Å². The highest BCUT2D eigenvalue weighted by molar-refractivity contribution is 5.97. The number of hydrogen-bond acceptors (Lipinski definition) is 4. The molecule has 4 aromatic carbocycles. The van der Waals surface area contributed by atoms with Crippen LogP contribution in [-0.2, 0) is 16.0 Å². The molecule has 0 saturated carbocycles. The highest BCUT2D eigenvalue weighted by Gasteiger charge is 2.38. The molecule has 0 fully saturated rings. The molecule has 1 amide bonds. The summed E-state index contributed by atoms with van der Waals surface area (Å²) in [5.41, 5.74) is 7.00. The molecule has 3 N–H and O–H groups in total. The molecule has 0 spiro atoms. The van der Waals surface area contributed by atoms with E-state index in [-0.39, 0.29) is 18.1 Å². The number of pyridine rings is 1. The standard InChI is InChI=1S/C34H27FN4O.C2HF3O2/c1-39(27-10-7-17-36-22-27)33-16-14-26(38-34(40)19-25-21-37-32-12-6-5-11-28(25)32)20-30(33)29-15-13-24(18-31(29)35)23-8-3-2-4-9-23;3-2(4,5)1(6)7/h2-18,20-22,37H,19H2,1H3,(H,38,40);(H,6,7). The van der Waals surface area contributed by atoms with Crippen LogP contribution in [-0.4, -0.2) is 40.2 Å². The summed E-state index contributed by atoms with van der Waals surface area (Å²) in [5, 5.41) is 11.2. The summed E-state index contributed by atoms with van der Waals surface area (Å²) >= 11 is 0. The van der Waals surface area contributed by atoms with E-state index in [1.165, 1.54) is 0 Å². The van der Waals surface area contributed by atoms with Crippen LogP contribution in [0.5, 0.6) is 0 Å². The van der Waals surface area contributed by atoms with Crippen molar-refractivity contribution in [3.63, 3.8) is 0 Å². The van der Waals surface area contributed by atoms with Gasteiger partial charge in [-0.05, 0) is 59.2 Å². The number of anilines is 3. The Morgan fingerprint density at radius 2 is 1.60 bits per heavy atom. The molecule has 47 heavy (non-hydrogen) atoms. The van der Waals surface area contributed by atoms with Crippen molar-refractivity contribution in [3.05, 3.63) is 133 Å². The SMILES string of the molecule is CN(c1cccnc1)c1ccc(NC(=O)Cc2c[nH]c3ccccc23)cc1-c1ccc(-c2ccccc2)cc1F.O=C(O)C(F)(F)F. The largest absolute Gasteiger partial charge is 0.490 e. The average molecular weight is 641 g/mol. The van der Waals surface area contributed by atoms with Crippen LogP contribution in [0.15, 0.2) is 122 Å². The summed E-state index contributed by atoms with van der Waals surface area (Å²) in [4.78, 5) is 31.4. The Bertz CT molecular complexity index is 2010. The lowest BCUT2D eigenvalue weighted by Crippen LogP contribution is -2.21. The van der Waals surface area contributed by atoms with Crippen molar-refractivity contribution in [2.45, 2.75) is 12.6 Å². The number of para-hydroxylation sites is 1. The van der Waals surface area contributed by atoms with Crippen LogP contribution in [0.1, 0.15) is 5.56 Å². The van der Waals surface area contributed by atoms with Gasteiger partial charge in [-0.15, -0.1) is 0 Å². The number of nitrogens with one attached hydrogen (secondary N) is 2. The lowest BCUT2D eigenvalue weighted by atomic mass is 9.97. The Kier molecular flexibility index (Phi) is 9.65. The number of alkyl halides is 3. The number of hydrogen-bond donors (Lipinski definition) is 3. The number of amides is 1. The minimum absolute atomic E-state index is 0.149. The van der Waals surface area contributed by atoms with Crippen molar-refractivity contribution in [2.24, 2.45) is 0 Å². The number of carboxylic acid groups (broad SMARTS) is 1. The number of carbonyl (C=O) groups is 2. The zero-order valence-corrected chi connectivity index (χ0v) is 24.9. The van der Waals surface area contributed by atoms with Gasteiger partial charge in [0.25, 0.3) is 0 Å². The predicted molar refractivity (Wildman–Crippen MR) is 174 cm³/mol. The van der Waals surface area contributed by atoms with E-state index in [2.05, 4.69) is 15.3 Å². The van der Waals surface area contributed by atoms with E-state index < -0.39 is 12.1 Å². The van der Waals surface area contributed by atoms with Gasteiger partial charge >= 0.3 is 12.1 Å². The lowest BCUT2D eigenvalue weighted by Gasteiger charge is -2.23. The number of aromatic nitrogens is 2. The number of rotatable bonds is 7. The molecule has 0 saturated heterocycles. The van der Waals surface area contributed by atoms with Gasteiger partial charge in [0.1, 0.15) is 5.82 Å². The molecule has 0 radical (unpaired) electrons. The number of aliphatic carboxylic acids is 1.